The summed E-state index contributed by atoms with van der Waals surface area (Å²) in [6.45, 7) is 4.68. The summed E-state index contributed by atoms with van der Waals surface area (Å²) in [5, 5.41) is 4.39. The first-order valence-electron chi connectivity index (χ1n) is 5.92. The lowest BCUT2D eigenvalue weighted by atomic mass is 9.67. The molecule has 0 bridgehead atoms. The van der Waals surface area contributed by atoms with E-state index in [0.717, 1.165) is 12.3 Å². The lowest BCUT2D eigenvalue weighted by molar-refractivity contribution is 0.143. The van der Waals surface area contributed by atoms with Gasteiger partial charge in [-0.2, -0.15) is 11.3 Å². The largest absolute Gasteiger partial charge is 0.325 e. The molecule has 84 valence electrons. The SMILES string of the molecule is CC1CCCC(N)(Cc2ccsc2)C1C. The topological polar surface area (TPSA) is 26.0 Å². The average molecular weight is 223 g/mol. The van der Waals surface area contributed by atoms with Gasteiger partial charge in [0.25, 0.3) is 0 Å². The van der Waals surface area contributed by atoms with Crippen molar-refractivity contribution in [3.8, 4) is 0 Å². The first kappa shape index (κ1) is 11.2. The second-order valence-corrected chi connectivity index (χ2v) is 5.98. The van der Waals surface area contributed by atoms with Gasteiger partial charge in [-0.15, -0.1) is 0 Å². The molecule has 0 spiro atoms. The Morgan fingerprint density at radius 3 is 3.00 bits per heavy atom. The highest BCUT2D eigenvalue weighted by Crippen LogP contribution is 2.38. The highest BCUT2D eigenvalue weighted by atomic mass is 32.1. The van der Waals surface area contributed by atoms with Crippen LogP contribution in [0.2, 0.25) is 0 Å². The molecule has 1 nitrogen and oxygen atoms in total. The van der Waals surface area contributed by atoms with Gasteiger partial charge in [0.15, 0.2) is 0 Å². The van der Waals surface area contributed by atoms with Crippen LogP contribution in [0.25, 0.3) is 0 Å². The van der Waals surface area contributed by atoms with Crippen LogP contribution in [0, 0.1) is 11.8 Å². The van der Waals surface area contributed by atoms with Crippen molar-refractivity contribution in [2.24, 2.45) is 17.6 Å². The first-order chi connectivity index (χ1) is 7.12. The van der Waals surface area contributed by atoms with E-state index in [1.165, 1.54) is 24.8 Å². The zero-order valence-electron chi connectivity index (χ0n) is 9.70. The van der Waals surface area contributed by atoms with Gasteiger partial charge in [0.05, 0.1) is 0 Å². The van der Waals surface area contributed by atoms with E-state index in [0.29, 0.717) is 5.92 Å². The van der Waals surface area contributed by atoms with Crippen LogP contribution in [-0.4, -0.2) is 5.54 Å². The Morgan fingerprint density at radius 1 is 1.53 bits per heavy atom. The molecule has 2 heteroatoms. The van der Waals surface area contributed by atoms with Gasteiger partial charge in [-0.05, 0) is 47.1 Å². The lowest BCUT2D eigenvalue weighted by Crippen LogP contribution is -2.52. The van der Waals surface area contributed by atoms with Crippen LogP contribution < -0.4 is 5.73 Å². The number of nitrogens with two attached hydrogens (primary N) is 1. The molecule has 3 atom stereocenters. The maximum Gasteiger partial charge on any atom is 0.0223 e. The minimum atomic E-state index is 0.0404. The van der Waals surface area contributed by atoms with Crippen molar-refractivity contribution in [2.75, 3.05) is 0 Å². The minimum absolute atomic E-state index is 0.0404. The Hall–Kier alpha value is -0.340. The Bertz CT molecular complexity index is 306. The number of rotatable bonds is 2. The van der Waals surface area contributed by atoms with E-state index in [-0.39, 0.29) is 5.54 Å². The summed E-state index contributed by atoms with van der Waals surface area (Å²) >= 11 is 1.77. The van der Waals surface area contributed by atoms with Crippen LogP contribution in [-0.2, 0) is 6.42 Å². The Morgan fingerprint density at radius 2 is 2.33 bits per heavy atom. The molecule has 1 saturated carbocycles. The summed E-state index contributed by atoms with van der Waals surface area (Å²) < 4.78 is 0. The van der Waals surface area contributed by atoms with E-state index in [2.05, 4.69) is 30.7 Å². The first-order valence-corrected chi connectivity index (χ1v) is 6.86. The van der Waals surface area contributed by atoms with Crippen molar-refractivity contribution >= 4 is 11.3 Å². The summed E-state index contributed by atoms with van der Waals surface area (Å²) in [5.41, 5.74) is 8.05. The smallest absolute Gasteiger partial charge is 0.0223 e. The van der Waals surface area contributed by atoms with E-state index < -0.39 is 0 Å². The molecule has 1 aromatic heterocycles. The Balaban J connectivity index is 2.11. The summed E-state index contributed by atoms with van der Waals surface area (Å²) in [6, 6.07) is 2.21. The zero-order valence-corrected chi connectivity index (χ0v) is 10.5. The van der Waals surface area contributed by atoms with E-state index in [1.54, 1.807) is 11.3 Å². The van der Waals surface area contributed by atoms with Crippen LogP contribution in [0.3, 0.4) is 0 Å². The fourth-order valence-corrected chi connectivity index (χ4v) is 3.49. The van der Waals surface area contributed by atoms with Crippen molar-refractivity contribution in [1.29, 1.82) is 0 Å². The lowest BCUT2D eigenvalue weighted by Gasteiger charge is -2.43. The van der Waals surface area contributed by atoms with Gasteiger partial charge in [0.1, 0.15) is 0 Å². The van der Waals surface area contributed by atoms with Crippen LogP contribution in [0.4, 0.5) is 0 Å². The third kappa shape index (κ3) is 2.26. The molecular weight excluding hydrogens is 202 g/mol. The molecular formula is C13H21NS. The van der Waals surface area contributed by atoms with Gasteiger partial charge in [-0.1, -0.05) is 26.7 Å². The molecule has 2 rings (SSSR count). The number of hydrogen-bond donors (Lipinski definition) is 1. The second-order valence-electron chi connectivity index (χ2n) is 5.20. The van der Waals surface area contributed by atoms with Gasteiger partial charge in [-0.25, -0.2) is 0 Å². The highest BCUT2D eigenvalue weighted by Gasteiger charge is 2.38. The monoisotopic (exact) mass is 223 g/mol. The Labute approximate surface area is 96.7 Å². The van der Waals surface area contributed by atoms with Gasteiger partial charge in [0.2, 0.25) is 0 Å². The van der Waals surface area contributed by atoms with Crippen LogP contribution in [0.5, 0.6) is 0 Å². The maximum atomic E-state index is 6.59. The Kier molecular flexibility index (Phi) is 3.17. The van der Waals surface area contributed by atoms with Crippen molar-refractivity contribution in [3.05, 3.63) is 22.4 Å². The van der Waals surface area contributed by atoms with Crippen molar-refractivity contribution in [3.63, 3.8) is 0 Å². The van der Waals surface area contributed by atoms with Crippen LogP contribution >= 0.6 is 11.3 Å². The van der Waals surface area contributed by atoms with Crippen molar-refractivity contribution in [2.45, 2.75) is 45.1 Å². The number of thiophene rings is 1. The van der Waals surface area contributed by atoms with E-state index in [1.807, 2.05) is 0 Å². The molecule has 0 saturated heterocycles. The van der Waals surface area contributed by atoms with Gasteiger partial charge in [-0.3, -0.25) is 0 Å². The van der Waals surface area contributed by atoms with Gasteiger partial charge in [0, 0.05) is 5.54 Å². The normalized spacial score (nSPS) is 36.7. The minimum Gasteiger partial charge on any atom is -0.325 e. The molecule has 1 aromatic rings. The second kappa shape index (κ2) is 4.26. The highest BCUT2D eigenvalue weighted by molar-refractivity contribution is 7.07. The van der Waals surface area contributed by atoms with E-state index in [9.17, 15) is 0 Å². The molecule has 0 aromatic carbocycles. The number of hydrogen-bond acceptors (Lipinski definition) is 2. The molecule has 2 N–H and O–H groups in total. The van der Waals surface area contributed by atoms with E-state index in [4.69, 9.17) is 5.73 Å². The quantitative estimate of drug-likeness (QED) is 0.816. The van der Waals surface area contributed by atoms with Crippen molar-refractivity contribution in [1.82, 2.24) is 0 Å². The maximum absolute atomic E-state index is 6.59. The molecule has 1 aliphatic rings. The van der Waals surface area contributed by atoms with Crippen molar-refractivity contribution < 1.29 is 0 Å². The third-order valence-corrected chi connectivity index (χ3v) is 4.91. The molecule has 0 amide bonds. The summed E-state index contributed by atoms with van der Waals surface area (Å²) in [5.74, 6) is 1.42. The molecule has 3 unspecified atom stereocenters. The average Bonchev–Trinajstić information content (AvgIpc) is 2.67. The predicted molar refractivity (Wildman–Crippen MR) is 67.1 cm³/mol. The molecule has 1 fully saturated rings. The summed E-state index contributed by atoms with van der Waals surface area (Å²) in [7, 11) is 0. The summed E-state index contributed by atoms with van der Waals surface area (Å²) in [4.78, 5) is 0. The van der Waals surface area contributed by atoms with Gasteiger partial charge >= 0.3 is 0 Å². The summed E-state index contributed by atoms with van der Waals surface area (Å²) in [6.07, 6.45) is 4.90. The van der Waals surface area contributed by atoms with Gasteiger partial charge < -0.3 is 5.73 Å². The predicted octanol–water partition coefficient (Wildman–Crippen LogP) is 3.44. The van der Waals surface area contributed by atoms with E-state index >= 15 is 0 Å². The molecule has 1 aliphatic carbocycles. The standard InChI is InChI=1S/C13H21NS/c1-10-4-3-6-13(14,11(10)2)8-12-5-7-15-9-12/h5,7,9-11H,3-4,6,8,14H2,1-2H3. The molecule has 15 heavy (non-hydrogen) atoms. The molecule has 1 heterocycles. The fraction of sp³-hybridized carbons (Fsp3) is 0.692. The third-order valence-electron chi connectivity index (χ3n) is 4.18. The zero-order chi connectivity index (χ0) is 10.9. The molecule has 0 radical (unpaired) electrons. The van der Waals surface area contributed by atoms with Crippen LogP contribution in [0.15, 0.2) is 16.8 Å². The van der Waals surface area contributed by atoms with Crippen LogP contribution in [0.1, 0.15) is 38.7 Å². The molecule has 0 aliphatic heterocycles. The fourth-order valence-electron chi connectivity index (χ4n) is 2.82.